The molecular formula is C25H28N2O4. The van der Waals surface area contributed by atoms with E-state index in [1.165, 1.54) is 11.6 Å². The van der Waals surface area contributed by atoms with Crippen LogP contribution in [0.2, 0.25) is 0 Å². The minimum absolute atomic E-state index is 0.00170. The van der Waals surface area contributed by atoms with Crippen LogP contribution >= 0.6 is 0 Å². The highest BCUT2D eigenvalue weighted by atomic mass is 16.5. The SMILES string of the molecule is CCOC(=O)/C=C(\C)N1N=C2c3ccc(OC)cc3CC[C@@H]2[C@H]1c1ccc(OC)cc1. The van der Waals surface area contributed by atoms with E-state index in [-0.39, 0.29) is 17.9 Å². The number of allylic oxidation sites excluding steroid dienone is 1. The van der Waals surface area contributed by atoms with E-state index in [0.29, 0.717) is 6.61 Å². The number of methoxy groups -OCH3 is 2. The van der Waals surface area contributed by atoms with E-state index >= 15 is 0 Å². The molecule has 0 saturated heterocycles. The molecule has 31 heavy (non-hydrogen) atoms. The predicted octanol–water partition coefficient (Wildman–Crippen LogP) is 4.49. The highest BCUT2D eigenvalue weighted by Gasteiger charge is 2.42. The van der Waals surface area contributed by atoms with Crippen LogP contribution in [0.15, 0.2) is 59.3 Å². The molecular weight excluding hydrogens is 392 g/mol. The molecule has 0 saturated carbocycles. The number of hydrogen-bond donors (Lipinski definition) is 0. The zero-order valence-corrected chi connectivity index (χ0v) is 18.4. The van der Waals surface area contributed by atoms with Crippen molar-refractivity contribution in [3.05, 3.63) is 70.9 Å². The van der Waals surface area contributed by atoms with Gasteiger partial charge in [-0.05, 0) is 68.1 Å². The van der Waals surface area contributed by atoms with Gasteiger partial charge < -0.3 is 14.2 Å². The number of hydrazone groups is 1. The maximum absolute atomic E-state index is 12.1. The summed E-state index contributed by atoms with van der Waals surface area (Å²) >= 11 is 0. The lowest BCUT2D eigenvalue weighted by atomic mass is 9.77. The molecule has 6 nitrogen and oxygen atoms in total. The van der Waals surface area contributed by atoms with Crippen molar-refractivity contribution in [1.29, 1.82) is 0 Å². The van der Waals surface area contributed by atoms with Gasteiger partial charge in [0.25, 0.3) is 0 Å². The summed E-state index contributed by atoms with van der Waals surface area (Å²) in [6.45, 7) is 4.05. The molecule has 6 heteroatoms. The first-order valence-corrected chi connectivity index (χ1v) is 10.6. The Hall–Kier alpha value is -3.28. The van der Waals surface area contributed by atoms with E-state index in [1.807, 2.05) is 30.1 Å². The Labute approximate surface area is 183 Å². The van der Waals surface area contributed by atoms with E-state index in [1.54, 1.807) is 21.1 Å². The van der Waals surface area contributed by atoms with Gasteiger partial charge in [-0.3, -0.25) is 5.01 Å². The third kappa shape index (κ3) is 4.02. The summed E-state index contributed by atoms with van der Waals surface area (Å²) < 4.78 is 15.9. The molecule has 2 atom stereocenters. The molecule has 2 aromatic carbocycles. The summed E-state index contributed by atoms with van der Waals surface area (Å²) in [5.74, 6) is 1.54. The number of nitrogens with zero attached hydrogens (tertiary/aromatic N) is 2. The van der Waals surface area contributed by atoms with E-state index in [2.05, 4.69) is 24.3 Å². The molecule has 0 aromatic heterocycles. The second kappa shape index (κ2) is 8.84. The number of carbonyl (C=O) groups excluding carboxylic acids is 1. The maximum Gasteiger partial charge on any atom is 0.332 e. The molecule has 0 N–H and O–H groups in total. The fourth-order valence-electron chi connectivity index (χ4n) is 4.48. The molecule has 4 rings (SSSR count). The highest BCUT2D eigenvalue weighted by Crippen LogP contribution is 2.45. The van der Waals surface area contributed by atoms with Gasteiger partial charge in [0.1, 0.15) is 11.5 Å². The van der Waals surface area contributed by atoms with Crippen LogP contribution in [0.3, 0.4) is 0 Å². The lowest BCUT2D eigenvalue weighted by Crippen LogP contribution is -2.28. The van der Waals surface area contributed by atoms with Crippen LogP contribution < -0.4 is 9.47 Å². The number of rotatable bonds is 6. The summed E-state index contributed by atoms with van der Waals surface area (Å²) in [4.78, 5) is 12.1. The number of hydrogen-bond acceptors (Lipinski definition) is 6. The van der Waals surface area contributed by atoms with E-state index in [0.717, 1.165) is 46.9 Å². The Morgan fingerprint density at radius 1 is 1.13 bits per heavy atom. The van der Waals surface area contributed by atoms with Gasteiger partial charge in [0.15, 0.2) is 0 Å². The first-order valence-electron chi connectivity index (χ1n) is 10.6. The van der Waals surface area contributed by atoms with Crippen molar-refractivity contribution in [1.82, 2.24) is 5.01 Å². The number of benzene rings is 2. The fraction of sp³-hybridized carbons (Fsp3) is 0.360. The molecule has 0 radical (unpaired) electrons. The van der Waals surface area contributed by atoms with Gasteiger partial charge in [-0.2, -0.15) is 5.10 Å². The van der Waals surface area contributed by atoms with Crippen molar-refractivity contribution in [3.63, 3.8) is 0 Å². The average Bonchev–Trinajstić information content (AvgIpc) is 3.19. The lowest BCUT2D eigenvalue weighted by Gasteiger charge is -2.31. The third-order valence-electron chi connectivity index (χ3n) is 5.96. The normalized spacial score (nSPS) is 19.9. The standard InChI is InChI=1S/C25H28N2O4/c1-5-31-23(28)14-16(2)27-25(17-6-9-19(29-3)10-7-17)22-12-8-18-15-20(30-4)11-13-21(18)24(22)26-27/h6-7,9-11,13-15,22,25H,5,8,12H2,1-4H3/b16-14+/t22-,25+/m0/s1. The largest absolute Gasteiger partial charge is 0.497 e. The Balaban J connectivity index is 1.76. The first kappa shape index (κ1) is 21.0. The predicted molar refractivity (Wildman–Crippen MR) is 119 cm³/mol. The Kier molecular flexibility index (Phi) is 5.98. The van der Waals surface area contributed by atoms with Crippen LogP contribution in [0.1, 0.15) is 43.0 Å². The molecule has 162 valence electrons. The molecule has 0 unspecified atom stereocenters. The minimum atomic E-state index is -0.353. The van der Waals surface area contributed by atoms with Gasteiger partial charge in [-0.1, -0.05) is 12.1 Å². The van der Waals surface area contributed by atoms with Crippen LogP contribution in [0.5, 0.6) is 11.5 Å². The van der Waals surface area contributed by atoms with Crippen LogP contribution in [0, 0.1) is 5.92 Å². The van der Waals surface area contributed by atoms with Crippen molar-refractivity contribution in [2.75, 3.05) is 20.8 Å². The molecule has 0 fully saturated rings. The van der Waals surface area contributed by atoms with Crippen LogP contribution in [-0.4, -0.2) is 37.5 Å². The Morgan fingerprint density at radius 2 is 1.84 bits per heavy atom. The summed E-state index contributed by atoms with van der Waals surface area (Å²) in [5.41, 5.74) is 5.36. The van der Waals surface area contributed by atoms with Gasteiger partial charge in [0, 0.05) is 23.3 Å². The quantitative estimate of drug-likeness (QED) is 0.509. The summed E-state index contributed by atoms with van der Waals surface area (Å²) in [6, 6.07) is 14.3. The average molecular weight is 421 g/mol. The molecule has 1 aliphatic carbocycles. The fourth-order valence-corrected chi connectivity index (χ4v) is 4.48. The van der Waals surface area contributed by atoms with Gasteiger partial charge >= 0.3 is 5.97 Å². The lowest BCUT2D eigenvalue weighted by molar-refractivity contribution is -0.137. The molecule has 1 aliphatic heterocycles. The zero-order valence-electron chi connectivity index (χ0n) is 18.4. The second-order valence-electron chi connectivity index (χ2n) is 7.75. The first-order chi connectivity index (χ1) is 15.0. The van der Waals surface area contributed by atoms with Crippen molar-refractivity contribution < 1.29 is 19.0 Å². The zero-order chi connectivity index (χ0) is 22.0. The summed E-state index contributed by atoms with van der Waals surface area (Å²) in [6.07, 6.45) is 3.45. The van der Waals surface area contributed by atoms with Gasteiger partial charge in [0.05, 0.1) is 32.6 Å². The smallest absolute Gasteiger partial charge is 0.332 e. The molecule has 0 amide bonds. The Bertz CT molecular complexity index is 1030. The van der Waals surface area contributed by atoms with E-state index < -0.39 is 0 Å². The third-order valence-corrected chi connectivity index (χ3v) is 5.96. The van der Waals surface area contributed by atoms with Crippen molar-refractivity contribution >= 4 is 11.7 Å². The van der Waals surface area contributed by atoms with E-state index in [9.17, 15) is 4.79 Å². The van der Waals surface area contributed by atoms with E-state index in [4.69, 9.17) is 19.3 Å². The molecule has 0 bridgehead atoms. The number of aryl methyl sites for hydroxylation is 1. The number of ether oxygens (including phenoxy) is 3. The maximum atomic E-state index is 12.1. The highest BCUT2D eigenvalue weighted by molar-refractivity contribution is 6.06. The summed E-state index contributed by atoms with van der Waals surface area (Å²) in [5, 5.41) is 6.99. The van der Waals surface area contributed by atoms with Crippen LogP contribution in [0.25, 0.3) is 0 Å². The van der Waals surface area contributed by atoms with Crippen molar-refractivity contribution in [3.8, 4) is 11.5 Å². The Morgan fingerprint density at radius 3 is 2.52 bits per heavy atom. The minimum Gasteiger partial charge on any atom is -0.497 e. The van der Waals surface area contributed by atoms with Crippen molar-refractivity contribution in [2.45, 2.75) is 32.7 Å². The van der Waals surface area contributed by atoms with Gasteiger partial charge in [0.2, 0.25) is 0 Å². The van der Waals surface area contributed by atoms with Crippen LogP contribution in [-0.2, 0) is 16.0 Å². The van der Waals surface area contributed by atoms with Crippen LogP contribution in [0.4, 0.5) is 0 Å². The van der Waals surface area contributed by atoms with Gasteiger partial charge in [-0.25, -0.2) is 4.79 Å². The number of carbonyl (C=O) groups is 1. The van der Waals surface area contributed by atoms with Crippen molar-refractivity contribution in [2.24, 2.45) is 11.0 Å². The molecule has 1 heterocycles. The second-order valence-corrected chi connectivity index (χ2v) is 7.75. The molecule has 2 aromatic rings. The topological polar surface area (TPSA) is 60.4 Å². The number of esters is 1. The number of fused-ring (bicyclic) bond motifs is 3. The molecule has 0 spiro atoms. The molecule has 2 aliphatic rings. The van der Waals surface area contributed by atoms with Gasteiger partial charge in [-0.15, -0.1) is 0 Å². The monoisotopic (exact) mass is 420 g/mol. The summed E-state index contributed by atoms with van der Waals surface area (Å²) in [7, 11) is 3.35.